The third-order valence-electron chi connectivity index (χ3n) is 4.10. The molecule has 1 aromatic heterocycles. The van der Waals surface area contributed by atoms with Crippen molar-refractivity contribution < 1.29 is 17.9 Å². The van der Waals surface area contributed by atoms with Crippen LogP contribution in [0, 0.1) is 0 Å². The van der Waals surface area contributed by atoms with Gasteiger partial charge in [0.05, 0.1) is 23.9 Å². The van der Waals surface area contributed by atoms with Crippen LogP contribution in [0.3, 0.4) is 0 Å². The minimum absolute atomic E-state index is 0.120. The number of carbonyl (C=O) groups is 1. The molecule has 1 fully saturated rings. The average Bonchev–Trinajstić information content (AvgIpc) is 3.10. The van der Waals surface area contributed by atoms with Gasteiger partial charge in [-0.3, -0.25) is 4.79 Å². The van der Waals surface area contributed by atoms with E-state index in [9.17, 15) is 13.2 Å². The number of carbonyl (C=O) groups excluding carboxylic acids is 1. The van der Waals surface area contributed by atoms with Crippen LogP contribution in [0.1, 0.15) is 6.92 Å². The number of ether oxygens (including phenoxy) is 1. The maximum atomic E-state index is 12.7. The number of primary amides is 1. The minimum Gasteiger partial charge on any atom is -0.379 e. The van der Waals surface area contributed by atoms with E-state index in [0.29, 0.717) is 43.8 Å². The number of rotatable bonds is 7. The van der Waals surface area contributed by atoms with E-state index >= 15 is 0 Å². The Morgan fingerprint density at radius 1 is 1.22 bits per heavy atom. The summed E-state index contributed by atoms with van der Waals surface area (Å²) in [4.78, 5) is 11.2. The summed E-state index contributed by atoms with van der Waals surface area (Å²) in [5, 5.41) is 8.88. The van der Waals surface area contributed by atoms with Gasteiger partial charge in [-0.1, -0.05) is 11.8 Å². The summed E-state index contributed by atoms with van der Waals surface area (Å²) < 4.78 is 33.9. The van der Waals surface area contributed by atoms with Crippen molar-refractivity contribution >= 4 is 27.7 Å². The smallest absolute Gasteiger partial charge is 0.243 e. The molecule has 2 heterocycles. The fourth-order valence-electron chi connectivity index (χ4n) is 2.74. The zero-order valence-electron chi connectivity index (χ0n) is 14.9. The van der Waals surface area contributed by atoms with Crippen LogP contribution >= 0.6 is 11.8 Å². The van der Waals surface area contributed by atoms with Crippen LogP contribution in [0.2, 0.25) is 0 Å². The lowest BCUT2D eigenvalue weighted by Gasteiger charge is -2.26. The van der Waals surface area contributed by atoms with Crippen molar-refractivity contribution in [3.8, 4) is 11.4 Å². The number of thioether (sulfide) groups is 1. The van der Waals surface area contributed by atoms with Gasteiger partial charge in [0.2, 0.25) is 15.9 Å². The third-order valence-corrected chi connectivity index (χ3v) is 7.00. The van der Waals surface area contributed by atoms with Crippen molar-refractivity contribution in [2.24, 2.45) is 5.73 Å². The summed E-state index contributed by atoms with van der Waals surface area (Å²) in [7, 11) is -3.53. The first-order chi connectivity index (χ1) is 12.9. The Labute approximate surface area is 161 Å². The minimum atomic E-state index is -3.53. The predicted octanol–water partition coefficient (Wildman–Crippen LogP) is 0.563. The Balaban J connectivity index is 1.84. The van der Waals surface area contributed by atoms with Gasteiger partial charge in [0, 0.05) is 25.2 Å². The van der Waals surface area contributed by atoms with E-state index in [1.54, 1.807) is 24.3 Å². The van der Waals surface area contributed by atoms with Gasteiger partial charge >= 0.3 is 0 Å². The molecule has 1 amide bonds. The number of aromatic nitrogens is 3. The summed E-state index contributed by atoms with van der Waals surface area (Å²) in [6.07, 6.45) is 0. The Morgan fingerprint density at radius 3 is 2.48 bits per heavy atom. The van der Waals surface area contributed by atoms with Crippen LogP contribution in [0.25, 0.3) is 11.4 Å². The Hall–Kier alpha value is -1.95. The van der Waals surface area contributed by atoms with E-state index < -0.39 is 15.9 Å². The first kappa shape index (κ1) is 19.8. The van der Waals surface area contributed by atoms with Crippen LogP contribution in [-0.2, 0) is 26.1 Å². The fourth-order valence-corrected chi connectivity index (χ4v) is 4.89. The number of hydrogen-bond donors (Lipinski definition) is 1. The second-order valence-corrected chi connectivity index (χ2v) is 8.73. The monoisotopic (exact) mass is 411 g/mol. The van der Waals surface area contributed by atoms with Crippen molar-refractivity contribution in [1.82, 2.24) is 19.1 Å². The van der Waals surface area contributed by atoms with Gasteiger partial charge in [-0.2, -0.15) is 4.31 Å². The standard InChI is InChI=1S/C16H21N5O4S2/c1-2-21-15(18-19-16(21)26-11-14(17)22)12-3-5-13(6-4-12)27(23,24)20-7-9-25-10-8-20/h3-6H,2,7-11H2,1H3,(H2,17,22). The fraction of sp³-hybridized carbons (Fsp3) is 0.438. The lowest BCUT2D eigenvalue weighted by molar-refractivity contribution is -0.115. The number of morpholine rings is 1. The zero-order chi connectivity index (χ0) is 19.4. The van der Waals surface area contributed by atoms with Gasteiger partial charge in [0.25, 0.3) is 0 Å². The van der Waals surface area contributed by atoms with E-state index in [0.717, 1.165) is 5.56 Å². The van der Waals surface area contributed by atoms with Crippen LogP contribution in [0.15, 0.2) is 34.3 Å². The highest BCUT2D eigenvalue weighted by Gasteiger charge is 2.26. The highest BCUT2D eigenvalue weighted by molar-refractivity contribution is 7.99. The summed E-state index contributed by atoms with van der Waals surface area (Å²) >= 11 is 1.22. The molecule has 1 saturated heterocycles. The van der Waals surface area contributed by atoms with Crippen LogP contribution in [-0.4, -0.2) is 65.5 Å². The lowest BCUT2D eigenvalue weighted by Crippen LogP contribution is -2.40. The van der Waals surface area contributed by atoms with E-state index in [1.807, 2.05) is 11.5 Å². The van der Waals surface area contributed by atoms with Crippen molar-refractivity contribution in [2.45, 2.75) is 23.5 Å². The second kappa shape index (κ2) is 8.38. The molecule has 27 heavy (non-hydrogen) atoms. The Bertz CT molecular complexity index is 905. The molecular weight excluding hydrogens is 390 g/mol. The number of nitrogens with two attached hydrogens (primary N) is 1. The molecule has 1 aliphatic rings. The molecular formula is C16H21N5O4S2. The second-order valence-electron chi connectivity index (χ2n) is 5.85. The maximum Gasteiger partial charge on any atom is 0.243 e. The molecule has 9 nitrogen and oxygen atoms in total. The molecule has 2 aromatic rings. The van der Waals surface area contributed by atoms with Crippen LogP contribution in [0.5, 0.6) is 0 Å². The third kappa shape index (κ3) is 4.32. The molecule has 0 aliphatic carbocycles. The molecule has 146 valence electrons. The summed E-state index contributed by atoms with van der Waals surface area (Å²) in [6.45, 7) is 4.07. The van der Waals surface area contributed by atoms with Gasteiger partial charge < -0.3 is 15.0 Å². The topological polar surface area (TPSA) is 120 Å². The zero-order valence-corrected chi connectivity index (χ0v) is 16.5. The molecule has 1 aliphatic heterocycles. The molecule has 0 saturated carbocycles. The van der Waals surface area contributed by atoms with E-state index in [2.05, 4.69) is 10.2 Å². The average molecular weight is 412 g/mol. The largest absolute Gasteiger partial charge is 0.379 e. The van der Waals surface area contributed by atoms with Gasteiger partial charge in [0.15, 0.2) is 11.0 Å². The lowest BCUT2D eigenvalue weighted by atomic mass is 10.2. The number of hydrogen-bond acceptors (Lipinski definition) is 7. The predicted molar refractivity (Wildman–Crippen MR) is 101 cm³/mol. The summed E-state index contributed by atoms with van der Waals surface area (Å²) in [5.74, 6) is 0.305. The number of benzene rings is 1. The number of nitrogens with zero attached hydrogens (tertiary/aromatic N) is 4. The Kier molecular flexibility index (Phi) is 6.15. The molecule has 11 heteroatoms. The normalized spacial score (nSPS) is 15.7. The molecule has 1 aromatic carbocycles. The van der Waals surface area contributed by atoms with Gasteiger partial charge in [-0.05, 0) is 31.2 Å². The molecule has 0 spiro atoms. The van der Waals surface area contributed by atoms with Crippen molar-refractivity contribution in [3.63, 3.8) is 0 Å². The SMILES string of the molecule is CCn1c(SCC(N)=O)nnc1-c1ccc(S(=O)(=O)N2CCOCC2)cc1. The molecule has 0 atom stereocenters. The molecule has 0 bridgehead atoms. The van der Waals surface area contributed by atoms with Gasteiger partial charge in [0.1, 0.15) is 0 Å². The van der Waals surface area contributed by atoms with Gasteiger partial charge in [-0.15, -0.1) is 10.2 Å². The molecule has 3 rings (SSSR count). The van der Waals surface area contributed by atoms with Crippen LogP contribution in [0.4, 0.5) is 0 Å². The highest BCUT2D eigenvalue weighted by atomic mass is 32.2. The van der Waals surface area contributed by atoms with Crippen molar-refractivity contribution in [2.75, 3.05) is 32.1 Å². The van der Waals surface area contributed by atoms with Crippen molar-refractivity contribution in [1.29, 1.82) is 0 Å². The van der Waals surface area contributed by atoms with Gasteiger partial charge in [-0.25, -0.2) is 8.42 Å². The van der Waals surface area contributed by atoms with E-state index in [-0.39, 0.29) is 10.6 Å². The first-order valence-electron chi connectivity index (χ1n) is 8.46. The highest BCUT2D eigenvalue weighted by Crippen LogP contribution is 2.26. The number of amides is 1. The van der Waals surface area contributed by atoms with Crippen LogP contribution < -0.4 is 5.73 Å². The quantitative estimate of drug-likeness (QED) is 0.661. The molecule has 2 N–H and O–H groups in total. The Morgan fingerprint density at radius 2 is 1.89 bits per heavy atom. The maximum absolute atomic E-state index is 12.7. The van der Waals surface area contributed by atoms with E-state index in [4.69, 9.17) is 10.5 Å². The summed E-state index contributed by atoms with van der Waals surface area (Å²) in [5.41, 5.74) is 5.93. The van der Waals surface area contributed by atoms with Crippen molar-refractivity contribution in [3.05, 3.63) is 24.3 Å². The molecule has 0 radical (unpaired) electrons. The first-order valence-corrected chi connectivity index (χ1v) is 10.9. The number of sulfonamides is 1. The van der Waals surface area contributed by atoms with E-state index in [1.165, 1.54) is 16.1 Å². The summed E-state index contributed by atoms with van der Waals surface area (Å²) in [6, 6.07) is 6.58. The molecule has 0 unspecified atom stereocenters.